The van der Waals surface area contributed by atoms with Crippen LogP contribution in [0.4, 0.5) is 0 Å². The van der Waals surface area contributed by atoms with Gasteiger partial charge in [0.1, 0.15) is 0 Å². The predicted octanol–water partition coefficient (Wildman–Crippen LogP) is 4.94. The van der Waals surface area contributed by atoms with Crippen molar-refractivity contribution in [1.82, 2.24) is 4.90 Å². The molecule has 0 spiro atoms. The lowest BCUT2D eigenvalue weighted by Crippen LogP contribution is -2.55. The van der Waals surface area contributed by atoms with Gasteiger partial charge in [-0.2, -0.15) is 0 Å². The number of hydrogen-bond donors (Lipinski definition) is 1. The van der Waals surface area contributed by atoms with Crippen molar-refractivity contribution in [2.75, 3.05) is 13.1 Å². The maximum Gasteiger partial charge on any atom is 0.205 e. The molecular formula is C26H33NO2. The van der Waals surface area contributed by atoms with Gasteiger partial charge in [0, 0.05) is 25.1 Å². The van der Waals surface area contributed by atoms with E-state index in [-0.39, 0.29) is 5.78 Å². The number of carbonyl (C=O) groups is 1. The fourth-order valence-electron chi connectivity index (χ4n) is 5.22. The molecule has 1 aliphatic carbocycles. The first-order valence-electron chi connectivity index (χ1n) is 11.3. The highest BCUT2D eigenvalue weighted by molar-refractivity contribution is 5.88. The van der Waals surface area contributed by atoms with E-state index in [2.05, 4.69) is 30.3 Å². The van der Waals surface area contributed by atoms with Crippen LogP contribution < -0.4 is 0 Å². The van der Waals surface area contributed by atoms with Crippen LogP contribution in [0.2, 0.25) is 0 Å². The van der Waals surface area contributed by atoms with Gasteiger partial charge in [0.2, 0.25) is 5.72 Å². The summed E-state index contributed by atoms with van der Waals surface area (Å²) in [5, 5.41) is 11.8. The van der Waals surface area contributed by atoms with Crippen LogP contribution in [0.5, 0.6) is 0 Å². The Labute approximate surface area is 174 Å². The SMILES string of the molecule is O=C(CC1CCCC1)C(O)(c1ccccc1)N1CCC(Cc2ccccc2)CC1. The molecule has 4 rings (SSSR count). The van der Waals surface area contributed by atoms with Crippen LogP contribution in [0.3, 0.4) is 0 Å². The molecule has 1 aliphatic heterocycles. The van der Waals surface area contributed by atoms with Gasteiger partial charge in [0.05, 0.1) is 0 Å². The molecule has 2 aromatic carbocycles. The highest BCUT2D eigenvalue weighted by atomic mass is 16.3. The normalized spacial score (nSPS) is 21.1. The van der Waals surface area contributed by atoms with E-state index in [1.165, 1.54) is 18.4 Å². The fourth-order valence-corrected chi connectivity index (χ4v) is 5.22. The number of carbonyl (C=O) groups excluding carboxylic acids is 1. The number of Topliss-reactive ketones (excluding diaryl/α,β-unsaturated/α-hetero) is 1. The molecule has 29 heavy (non-hydrogen) atoms. The minimum atomic E-state index is -1.48. The van der Waals surface area contributed by atoms with Crippen LogP contribution >= 0.6 is 0 Å². The first kappa shape index (κ1) is 20.3. The number of aliphatic hydroxyl groups is 1. The molecular weight excluding hydrogens is 358 g/mol. The summed E-state index contributed by atoms with van der Waals surface area (Å²) in [6.07, 6.45) is 8.27. The zero-order chi connectivity index (χ0) is 20.1. The van der Waals surface area contributed by atoms with Crippen LogP contribution in [0, 0.1) is 11.8 Å². The first-order chi connectivity index (χ1) is 14.2. The summed E-state index contributed by atoms with van der Waals surface area (Å²) in [5.41, 5.74) is 0.618. The zero-order valence-corrected chi connectivity index (χ0v) is 17.3. The number of ketones is 1. The largest absolute Gasteiger partial charge is 0.365 e. The van der Waals surface area contributed by atoms with E-state index in [9.17, 15) is 9.90 Å². The number of hydrogen-bond acceptors (Lipinski definition) is 3. The number of piperidine rings is 1. The van der Waals surface area contributed by atoms with Crippen molar-refractivity contribution >= 4 is 5.78 Å². The molecule has 1 N–H and O–H groups in total. The quantitative estimate of drug-likeness (QED) is 0.727. The van der Waals surface area contributed by atoms with Gasteiger partial charge in [-0.25, -0.2) is 0 Å². The van der Waals surface area contributed by atoms with Crippen molar-refractivity contribution in [3.8, 4) is 0 Å². The van der Waals surface area contributed by atoms with Crippen LogP contribution in [-0.4, -0.2) is 28.9 Å². The fraction of sp³-hybridized carbons (Fsp3) is 0.500. The second-order valence-electron chi connectivity index (χ2n) is 8.94. The molecule has 1 saturated heterocycles. The molecule has 2 aliphatic rings. The van der Waals surface area contributed by atoms with Crippen molar-refractivity contribution in [2.24, 2.45) is 11.8 Å². The molecule has 1 heterocycles. The molecule has 1 unspecified atom stereocenters. The van der Waals surface area contributed by atoms with Gasteiger partial charge in [-0.15, -0.1) is 0 Å². The summed E-state index contributed by atoms with van der Waals surface area (Å²) in [4.78, 5) is 15.4. The third kappa shape index (κ3) is 4.62. The zero-order valence-electron chi connectivity index (χ0n) is 17.3. The molecule has 0 bridgehead atoms. The second kappa shape index (κ2) is 9.23. The Morgan fingerprint density at radius 1 is 0.862 bits per heavy atom. The standard InChI is InChI=1S/C26H33NO2/c28-25(20-22-11-7-8-12-22)26(29,24-13-5-2-6-14-24)27-17-15-23(16-18-27)19-21-9-3-1-4-10-21/h1-6,9-10,13-14,22-23,29H,7-8,11-12,15-20H2. The van der Waals surface area contributed by atoms with Gasteiger partial charge in [-0.3, -0.25) is 9.69 Å². The smallest absolute Gasteiger partial charge is 0.205 e. The van der Waals surface area contributed by atoms with E-state index in [0.717, 1.165) is 50.8 Å². The molecule has 2 fully saturated rings. The van der Waals surface area contributed by atoms with Crippen LogP contribution in [0.15, 0.2) is 60.7 Å². The molecule has 3 nitrogen and oxygen atoms in total. The van der Waals surface area contributed by atoms with E-state index in [1.807, 2.05) is 35.2 Å². The van der Waals surface area contributed by atoms with E-state index in [1.54, 1.807) is 0 Å². The molecule has 3 heteroatoms. The highest BCUT2D eigenvalue weighted by Crippen LogP contribution is 2.36. The van der Waals surface area contributed by atoms with Crippen LogP contribution in [0.25, 0.3) is 0 Å². The molecule has 154 valence electrons. The van der Waals surface area contributed by atoms with Crippen LogP contribution in [0.1, 0.15) is 56.1 Å². The summed E-state index contributed by atoms with van der Waals surface area (Å²) in [7, 11) is 0. The number of likely N-dealkylation sites (tertiary alicyclic amines) is 1. The minimum absolute atomic E-state index is 0.0166. The Morgan fingerprint density at radius 3 is 2.07 bits per heavy atom. The summed E-state index contributed by atoms with van der Waals surface area (Å²) < 4.78 is 0. The summed E-state index contributed by atoms with van der Waals surface area (Å²) in [5.74, 6) is 1.03. The minimum Gasteiger partial charge on any atom is -0.365 e. The molecule has 0 radical (unpaired) electrons. The first-order valence-corrected chi connectivity index (χ1v) is 11.3. The molecule has 0 amide bonds. The third-order valence-corrected chi connectivity index (χ3v) is 6.95. The number of benzene rings is 2. The molecule has 0 aromatic heterocycles. The summed E-state index contributed by atoms with van der Waals surface area (Å²) in [6, 6.07) is 20.2. The van der Waals surface area contributed by atoms with E-state index in [4.69, 9.17) is 0 Å². The summed E-state index contributed by atoms with van der Waals surface area (Å²) in [6.45, 7) is 1.53. The van der Waals surface area contributed by atoms with E-state index >= 15 is 0 Å². The van der Waals surface area contributed by atoms with Gasteiger partial charge >= 0.3 is 0 Å². The van der Waals surface area contributed by atoms with E-state index in [0.29, 0.717) is 18.3 Å². The number of rotatable bonds is 7. The predicted molar refractivity (Wildman–Crippen MR) is 116 cm³/mol. The van der Waals surface area contributed by atoms with Crippen molar-refractivity contribution in [3.05, 3.63) is 71.8 Å². The Hall–Kier alpha value is -1.97. The Kier molecular flexibility index (Phi) is 6.46. The monoisotopic (exact) mass is 391 g/mol. The lowest BCUT2D eigenvalue weighted by Gasteiger charge is -2.43. The van der Waals surface area contributed by atoms with Crippen LogP contribution in [-0.2, 0) is 16.9 Å². The Morgan fingerprint density at radius 2 is 1.45 bits per heavy atom. The Balaban J connectivity index is 1.47. The number of nitrogens with zero attached hydrogens (tertiary/aromatic N) is 1. The van der Waals surface area contributed by atoms with E-state index < -0.39 is 5.72 Å². The van der Waals surface area contributed by atoms with Crippen molar-refractivity contribution in [2.45, 2.75) is 57.1 Å². The average molecular weight is 392 g/mol. The average Bonchev–Trinajstić information content (AvgIpc) is 3.28. The van der Waals surface area contributed by atoms with Gasteiger partial charge < -0.3 is 5.11 Å². The summed E-state index contributed by atoms with van der Waals surface area (Å²) >= 11 is 0. The lowest BCUT2D eigenvalue weighted by molar-refractivity contribution is -0.169. The molecule has 2 aromatic rings. The lowest BCUT2D eigenvalue weighted by atomic mass is 9.85. The maximum absolute atomic E-state index is 13.4. The topological polar surface area (TPSA) is 40.5 Å². The molecule has 1 saturated carbocycles. The highest BCUT2D eigenvalue weighted by Gasteiger charge is 2.45. The second-order valence-corrected chi connectivity index (χ2v) is 8.94. The molecule has 1 atom stereocenters. The van der Waals surface area contributed by atoms with Gasteiger partial charge in [-0.05, 0) is 36.7 Å². The van der Waals surface area contributed by atoms with Gasteiger partial charge in [0.25, 0.3) is 0 Å². The van der Waals surface area contributed by atoms with Gasteiger partial charge in [-0.1, -0.05) is 86.3 Å². The third-order valence-electron chi connectivity index (χ3n) is 6.95. The van der Waals surface area contributed by atoms with Crippen molar-refractivity contribution in [3.63, 3.8) is 0 Å². The van der Waals surface area contributed by atoms with Crippen molar-refractivity contribution < 1.29 is 9.90 Å². The van der Waals surface area contributed by atoms with Crippen molar-refractivity contribution in [1.29, 1.82) is 0 Å². The Bertz CT molecular complexity index is 777. The van der Waals surface area contributed by atoms with Gasteiger partial charge in [0.15, 0.2) is 5.78 Å². The maximum atomic E-state index is 13.4.